The van der Waals surface area contributed by atoms with Crippen LogP contribution in [0.2, 0.25) is 0 Å². The molecular weight excluding hydrogens is 434 g/mol. The standard InChI is InChI=1S/C14H14O.C13H28N2O.C2H6.CH5N/c1-11(12-5-3-2-4-6-12)13-7-9-14(15)10-8-13;1-4-9-15(10-5-2)12-8-6-7-11-14(3)13-16;2*1-2/h2-11,15H,1H3;13H,4-12H2,1-3H3;1-2H3;2H2,1H3. The van der Waals surface area contributed by atoms with E-state index in [2.05, 4.69) is 43.5 Å². The van der Waals surface area contributed by atoms with Crippen molar-refractivity contribution >= 4 is 6.41 Å². The molecule has 0 saturated carbocycles. The lowest BCUT2D eigenvalue weighted by Crippen LogP contribution is -2.26. The van der Waals surface area contributed by atoms with Gasteiger partial charge in [-0.1, -0.05) is 83.5 Å². The molecule has 2 aromatic rings. The Morgan fingerprint density at radius 3 is 1.77 bits per heavy atom. The number of hydrogen-bond acceptors (Lipinski definition) is 4. The Morgan fingerprint density at radius 1 is 0.800 bits per heavy atom. The molecule has 1 amide bonds. The largest absolute Gasteiger partial charge is 0.508 e. The molecule has 2 rings (SSSR count). The zero-order valence-electron chi connectivity index (χ0n) is 23.5. The van der Waals surface area contributed by atoms with Crippen LogP contribution in [0.15, 0.2) is 54.6 Å². The van der Waals surface area contributed by atoms with Crippen LogP contribution in [0.4, 0.5) is 0 Å². The number of carbonyl (C=O) groups excluding carboxylic acids is 1. The normalized spacial score (nSPS) is 10.5. The van der Waals surface area contributed by atoms with Crippen LogP contribution in [0.3, 0.4) is 0 Å². The van der Waals surface area contributed by atoms with Crippen molar-refractivity contribution in [3.63, 3.8) is 0 Å². The van der Waals surface area contributed by atoms with Gasteiger partial charge in [-0.3, -0.25) is 4.79 Å². The van der Waals surface area contributed by atoms with Gasteiger partial charge in [0.05, 0.1) is 0 Å². The predicted molar refractivity (Wildman–Crippen MR) is 153 cm³/mol. The molecule has 1 atom stereocenters. The fourth-order valence-corrected chi connectivity index (χ4v) is 3.59. The van der Waals surface area contributed by atoms with E-state index >= 15 is 0 Å². The number of rotatable bonds is 13. The van der Waals surface area contributed by atoms with Crippen molar-refractivity contribution in [1.29, 1.82) is 0 Å². The number of nitrogens with two attached hydrogens (primary N) is 1. The lowest BCUT2D eigenvalue weighted by Gasteiger charge is -2.20. The van der Waals surface area contributed by atoms with Gasteiger partial charge in [0, 0.05) is 19.5 Å². The van der Waals surface area contributed by atoms with Crippen molar-refractivity contribution in [2.75, 3.05) is 40.3 Å². The van der Waals surface area contributed by atoms with Gasteiger partial charge in [0.15, 0.2) is 0 Å². The van der Waals surface area contributed by atoms with Gasteiger partial charge < -0.3 is 20.6 Å². The quantitative estimate of drug-likeness (QED) is 0.249. The molecule has 0 spiro atoms. The van der Waals surface area contributed by atoms with Crippen molar-refractivity contribution in [2.24, 2.45) is 5.73 Å². The number of phenols is 1. The fraction of sp³-hybridized carbons (Fsp3) is 0.567. The Hall–Kier alpha value is -2.37. The monoisotopic (exact) mass is 487 g/mol. The van der Waals surface area contributed by atoms with E-state index in [4.69, 9.17) is 0 Å². The van der Waals surface area contributed by atoms with Gasteiger partial charge in [-0.05, 0) is 75.6 Å². The van der Waals surface area contributed by atoms with Crippen molar-refractivity contribution < 1.29 is 9.90 Å². The van der Waals surface area contributed by atoms with Gasteiger partial charge in [-0.2, -0.15) is 0 Å². The number of aromatic hydroxyl groups is 1. The molecule has 0 radical (unpaired) electrons. The maximum atomic E-state index is 10.4. The molecule has 5 heteroatoms. The van der Waals surface area contributed by atoms with Crippen LogP contribution in [0.1, 0.15) is 83.8 Å². The van der Waals surface area contributed by atoms with Crippen molar-refractivity contribution in [3.05, 3.63) is 65.7 Å². The summed E-state index contributed by atoms with van der Waals surface area (Å²) < 4.78 is 0. The zero-order valence-corrected chi connectivity index (χ0v) is 23.5. The predicted octanol–water partition coefficient (Wildman–Crippen LogP) is 6.51. The van der Waals surface area contributed by atoms with Gasteiger partial charge >= 0.3 is 0 Å². The molecular formula is C30H53N3O2. The summed E-state index contributed by atoms with van der Waals surface area (Å²) in [5, 5.41) is 9.21. The van der Waals surface area contributed by atoms with Crippen LogP contribution < -0.4 is 5.73 Å². The molecule has 0 aliphatic carbocycles. The minimum absolute atomic E-state index is 0.319. The molecule has 0 saturated heterocycles. The molecule has 0 fully saturated rings. The highest BCUT2D eigenvalue weighted by atomic mass is 16.3. The average molecular weight is 488 g/mol. The van der Waals surface area contributed by atoms with Gasteiger partial charge in [-0.15, -0.1) is 0 Å². The van der Waals surface area contributed by atoms with Crippen LogP contribution in [0.5, 0.6) is 5.75 Å². The van der Waals surface area contributed by atoms with E-state index in [1.807, 2.05) is 51.2 Å². The number of carbonyl (C=O) groups is 1. The molecule has 2 aromatic carbocycles. The molecule has 0 aliphatic rings. The highest BCUT2D eigenvalue weighted by Gasteiger charge is 2.07. The smallest absolute Gasteiger partial charge is 0.209 e. The van der Waals surface area contributed by atoms with E-state index < -0.39 is 0 Å². The Balaban J connectivity index is 0. The molecule has 0 heterocycles. The summed E-state index contributed by atoms with van der Waals surface area (Å²) >= 11 is 0. The number of nitrogens with zero attached hydrogens (tertiary/aromatic N) is 2. The van der Waals surface area contributed by atoms with Crippen molar-refractivity contribution in [3.8, 4) is 5.75 Å². The molecule has 0 aromatic heterocycles. The van der Waals surface area contributed by atoms with E-state index in [1.54, 1.807) is 17.0 Å². The molecule has 35 heavy (non-hydrogen) atoms. The Morgan fingerprint density at radius 2 is 1.29 bits per heavy atom. The highest BCUT2D eigenvalue weighted by Crippen LogP contribution is 2.24. The van der Waals surface area contributed by atoms with Gasteiger partial charge in [0.1, 0.15) is 5.75 Å². The van der Waals surface area contributed by atoms with Gasteiger partial charge in [0.2, 0.25) is 6.41 Å². The van der Waals surface area contributed by atoms with Gasteiger partial charge in [0.25, 0.3) is 0 Å². The van der Waals surface area contributed by atoms with E-state index in [0.717, 1.165) is 19.4 Å². The van der Waals surface area contributed by atoms with Crippen LogP contribution in [-0.4, -0.2) is 61.6 Å². The lowest BCUT2D eigenvalue weighted by molar-refractivity contribution is -0.117. The number of benzene rings is 2. The van der Waals surface area contributed by atoms with E-state index in [9.17, 15) is 9.90 Å². The minimum atomic E-state index is 0.319. The Labute approximate surface area is 216 Å². The molecule has 5 nitrogen and oxygen atoms in total. The third kappa shape index (κ3) is 17.7. The second-order valence-electron chi connectivity index (χ2n) is 8.21. The first-order valence-corrected chi connectivity index (χ1v) is 13.3. The number of phenolic OH excluding ortho intramolecular Hbond substituents is 1. The fourth-order valence-electron chi connectivity index (χ4n) is 3.59. The molecule has 3 N–H and O–H groups in total. The summed E-state index contributed by atoms with van der Waals surface area (Å²) in [6.07, 6.45) is 7.00. The summed E-state index contributed by atoms with van der Waals surface area (Å²) in [4.78, 5) is 14.6. The van der Waals surface area contributed by atoms with E-state index in [-0.39, 0.29) is 0 Å². The van der Waals surface area contributed by atoms with Crippen LogP contribution in [-0.2, 0) is 4.79 Å². The Bertz CT molecular complexity index is 687. The second-order valence-corrected chi connectivity index (χ2v) is 8.21. The Kier molecular flexibility index (Phi) is 24.6. The third-order valence-electron chi connectivity index (χ3n) is 5.44. The minimum Gasteiger partial charge on any atom is -0.508 e. The second kappa shape index (κ2) is 24.7. The third-order valence-corrected chi connectivity index (χ3v) is 5.44. The lowest BCUT2D eigenvalue weighted by atomic mass is 9.93. The first-order chi connectivity index (χ1) is 17.0. The topological polar surface area (TPSA) is 69.8 Å². The summed E-state index contributed by atoms with van der Waals surface area (Å²) in [5.74, 6) is 0.686. The molecule has 1 unspecified atom stereocenters. The number of hydrogen-bond donors (Lipinski definition) is 2. The summed E-state index contributed by atoms with van der Waals surface area (Å²) in [5.41, 5.74) is 7.02. The maximum Gasteiger partial charge on any atom is 0.209 e. The highest BCUT2D eigenvalue weighted by molar-refractivity contribution is 5.46. The number of amides is 1. The number of unbranched alkanes of at least 4 members (excludes halogenated alkanes) is 2. The molecule has 200 valence electrons. The van der Waals surface area contributed by atoms with E-state index in [1.165, 1.54) is 63.5 Å². The zero-order chi connectivity index (χ0) is 26.9. The summed E-state index contributed by atoms with van der Waals surface area (Å²) in [6, 6.07) is 17.8. The first kappa shape index (κ1) is 34.8. The van der Waals surface area contributed by atoms with Crippen LogP contribution in [0.25, 0.3) is 0 Å². The molecule has 0 aliphatic heterocycles. The maximum absolute atomic E-state index is 10.4. The van der Waals surface area contributed by atoms with E-state index in [0.29, 0.717) is 11.7 Å². The first-order valence-electron chi connectivity index (χ1n) is 13.3. The van der Waals surface area contributed by atoms with Crippen LogP contribution >= 0.6 is 0 Å². The van der Waals surface area contributed by atoms with Crippen LogP contribution in [0, 0.1) is 0 Å². The van der Waals surface area contributed by atoms with Crippen molar-refractivity contribution in [1.82, 2.24) is 9.80 Å². The SMILES string of the molecule is CC.CC(c1ccccc1)c1ccc(O)cc1.CCCN(CCC)CCCCCN(C)C=O.CN. The molecule has 0 bridgehead atoms. The van der Waals surface area contributed by atoms with Crippen molar-refractivity contribution in [2.45, 2.75) is 72.6 Å². The summed E-state index contributed by atoms with van der Waals surface area (Å²) in [6.45, 7) is 15.2. The average Bonchev–Trinajstić information content (AvgIpc) is 2.91. The summed E-state index contributed by atoms with van der Waals surface area (Å²) in [7, 11) is 3.34. The van der Waals surface area contributed by atoms with Gasteiger partial charge in [-0.25, -0.2) is 0 Å².